The number of nitrogens with one attached hydrogen (secondary N) is 2. The Morgan fingerprint density at radius 1 is 1.09 bits per heavy atom. The normalized spacial score (nSPS) is 13.9. The molecule has 0 radical (unpaired) electrons. The number of phenolic OH excluding ortho intramolecular Hbond substituents is 1. The van der Waals surface area contributed by atoms with Gasteiger partial charge in [-0.1, -0.05) is 39.3 Å². The Hall–Kier alpha value is -3.61. The van der Waals surface area contributed by atoms with Gasteiger partial charge in [-0.3, -0.25) is 4.79 Å². The third kappa shape index (κ3) is 4.83. The van der Waals surface area contributed by atoms with Crippen LogP contribution in [-0.2, 0) is 5.41 Å². The highest BCUT2D eigenvalue weighted by Gasteiger charge is 2.27. The van der Waals surface area contributed by atoms with Crippen LogP contribution in [0.4, 0.5) is 10.5 Å². The third-order valence-corrected chi connectivity index (χ3v) is 6.32. The number of nitrogens with zero attached hydrogens (tertiary/aromatic N) is 2. The fourth-order valence-corrected chi connectivity index (χ4v) is 4.05. The summed E-state index contributed by atoms with van der Waals surface area (Å²) in [4.78, 5) is 25.4. The van der Waals surface area contributed by atoms with E-state index in [-0.39, 0.29) is 29.0 Å². The molecule has 1 fully saturated rings. The van der Waals surface area contributed by atoms with Crippen molar-refractivity contribution in [2.45, 2.75) is 58.3 Å². The van der Waals surface area contributed by atoms with Crippen LogP contribution in [0.5, 0.6) is 5.75 Å². The Kier molecular flexibility index (Phi) is 6.46. The van der Waals surface area contributed by atoms with Gasteiger partial charge in [0.05, 0.1) is 11.4 Å². The number of carbonyl (C=O) groups excluding carboxylic acids is 2. The summed E-state index contributed by atoms with van der Waals surface area (Å²) in [6.07, 6.45) is 3.16. The minimum absolute atomic E-state index is 0.0106. The lowest BCUT2D eigenvalue weighted by atomic mass is 9.82. The topological polar surface area (TPSA) is 96.3 Å². The van der Waals surface area contributed by atoms with Crippen molar-refractivity contribution < 1.29 is 14.7 Å². The second-order valence-electron chi connectivity index (χ2n) is 9.84. The quantitative estimate of drug-likeness (QED) is 0.429. The molecule has 34 heavy (non-hydrogen) atoms. The van der Waals surface area contributed by atoms with Crippen LogP contribution < -0.4 is 10.6 Å². The molecule has 2 aromatic carbocycles. The Bertz CT molecular complexity index is 1200. The summed E-state index contributed by atoms with van der Waals surface area (Å²) in [5.74, 6) is 0.0818. The van der Waals surface area contributed by atoms with Gasteiger partial charge in [-0.15, -0.1) is 0 Å². The molecule has 0 spiro atoms. The molecule has 178 valence electrons. The Labute approximate surface area is 200 Å². The molecule has 1 aliphatic rings. The van der Waals surface area contributed by atoms with E-state index in [1.807, 2.05) is 37.3 Å². The van der Waals surface area contributed by atoms with Crippen molar-refractivity contribution in [2.24, 2.45) is 0 Å². The minimum Gasteiger partial charge on any atom is -0.507 e. The van der Waals surface area contributed by atoms with Crippen LogP contribution in [-0.4, -0.2) is 33.4 Å². The zero-order valence-electron chi connectivity index (χ0n) is 20.2. The second kappa shape index (κ2) is 9.33. The van der Waals surface area contributed by atoms with E-state index in [2.05, 4.69) is 36.5 Å². The highest BCUT2D eigenvalue weighted by molar-refractivity contribution is 6.04. The summed E-state index contributed by atoms with van der Waals surface area (Å²) in [5, 5.41) is 20.7. The van der Waals surface area contributed by atoms with Crippen LogP contribution in [0, 0.1) is 0 Å². The molecule has 0 saturated heterocycles. The summed E-state index contributed by atoms with van der Waals surface area (Å²) in [6, 6.07) is 14.0. The molecule has 1 saturated carbocycles. The molecule has 0 unspecified atom stereocenters. The lowest BCUT2D eigenvalue weighted by Crippen LogP contribution is -2.31. The van der Waals surface area contributed by atoms with E-state index in [0.717, 1.165) is 30.5 Å². The maximum Gasteiger partial charge on any atom is 0.342 e. The maximum atomic E-state index is 12.8. The van der Waals surface area contributed by atoms with Gasteiger partial charge >= 0.3 is 6.03 Å². The van der Waals surface area contributed by atoms with E-state index in [1.54, 1.807) is 12.1 Å². The molecule has 0 atom stereocenters. The van der Waals surface area contributed by atoms with Crippen molar-refractivity contribution in [3.8, 4) is 17.0 Å². The van der Waals surface area contributed by atoms with Crippen molar-refractivity contribution in [1.29, 1.82) is 0 Å². The van der Waals surface area contributed by atoms with E-state index in [4.69, 9.17) is 0 Å². The lowest BCUT2D eigenvalue weighted by molar-refractivity contribution is 0.102. The zero-order valence-corrected chi connectivity index (χ0v) is 20.2. The fourth-order valence-electron chi connectivity index (χ4n) is 4.05. The fraction of sp³-hybridized carbons (Fsp3) is 0.370. The van der Waals surface area contributed by atoms with Gasteiger partial charge in [-0.05, 0) is 67.1 Å². The molecular weight excluding hydrogens is 428 g/mol. The van der Waals surface area contributed by atoms with E-state index >= 15 is 0 Å². The van der Waals surface area contributed by atoms with Crippen LogP contribution in [0.25, 0.3) is 11.3 Å². The number of anilines is 1. The van der Waals surface area contributed by atoms with Gasteiger partial charge in [0.1, 0.15) is 5.75 Å². The van der Waals surface area contributed by atoms with Gasteiger partial charge in [0, 0.05) is 29.3 Å². The van der Waals surface area contributed by atoms with Crippen molar-refractivity contribution in [2.75, 3.05) is 11.9 Å². The first-order valence-electron chi connectivity index (χ1n) is 11.8. The first-order chi connectivity index (χ1) is 16.2. The number of aromatic hydroxyl groups is 1. The Morgan fingerprint density at radius 2 is 1.79 bits per heavy atom. The Balaban J connectivity index is 1.60. The number of benzene rings is 2. The SMILES string of the molecule is CCNC(=O)n1nc(-c2cc(NC(=O)c3ccc(C(C)(C)C)cc3)ccc2O)cc1C1CCC1. The summed E-state index contributed by atoms with van der Waals surface area (Å²) in [5.41, 5.74) is 4.06. The predicted octanol–water partition coefficient (Wildman–Crippen LogP) is 5.65. The molecule has 3 N–H and O–H groups in total. The maximum absolute atomic E-state index is 12.8. The standard InChI is InChI=1S/C27H32N4O3/c1-5-28-26(34)31-23(17-7-6-8-17)16-22(30-31)21-15-20(13-14-24(21)32)29-25(33)18-9-11-19(12-10-18)27(2,3)4/h9-17,32H,5-8H2,1-4H3,(H,28,34)(H,29,33). The molecule has 1 aromatic heterocycles. The highest BCUT2D eigenvalue weighted by atomic mass is 16.3. The Morgan fingerprint density at radius 3 is 2.38 bits per heavy atom. The van der Waals surface area contributed by atoms with Crippen LogP contribution in [0.15, 0.2) is 48.5 Å². The van der Waals surface area contributed by atoms with E-state index in [9.17, 15) is 14.7 Å². The molecule has 3 aromatic rings. The molecule has 0 bridgehead atoms. The van der Waals surface area contributed by atoms with Crippen LogP contribution >= 0.6 is 0 Å². The van der Waals surface area contributed by atoms with Gasteiger partial charge in [-0.25, -0.2) is 4.79 Å². The number of rotatable bonds is 5. The van der Waals surface area contributed by atoms with Gasteiger partial charge in [0.15, 0.2) is 0 Å². The molecular formula is C27H32N4O3. The number of amides is 2. The largest absolute Gasteiger partial charge is 0.507 e. The summed E-state index contributed by atoms with van der Waals surface area (Å²) in [6.45, 7) is 8.75. The number of hydrogen-bond donors (Lipinski definition) is 3. The molecule has 1 aliphatic carbocycles. The molecule has 7 nitrogen and oxygen atoms in total. The summed E-state index contributed by atoms with van der Waals surface area (Å²) in [7, 11) is 0. The monoisotopic (exact) mass is 460 g/mol. The van der Waals surface area contributed by atoms with Gasteiger partial charge in [0.2, 0.25) is 0 Å². The van der Waals surface area contributed by atoms with Crippen LogP contribution in [0.1, 0.15) is 74.5 Å². The second-order valence-corrected chi connectivity index (χ2v) is 9.84. The number of carbonyl (C=O) groups is 2. The minimum atomic E-state index is -0.279. The van der Waals surface area contributed by atoms with Gasteiger partial charge in [-0.2, -0.15) is 9.78 Å². The molecule has 4 rings (SSSR count). The average molecular weight is 461 g/mol. The van der Waals surface area contributed by atoms with E-state index in [0.29, 0.717) is 29.1 Å². The third-order valence-electron chi connectivity index (χ3n) is 6.32. The lowest BCUT2D eigenvalue weighted by Gasteiger charge is -2.25. The molecule has 2 amide bonds. The highest BCUT2D eigenvalue weighted by Crippen LogP contribution is 2.39. The average Bonchev–Trinajstić information content (AvgIpc) is 3.18. The van der Waals surface area contributed by atoms with Crippen LogP contribution in [0.2, 0.25) is 0 Å². The molecule has 7 heteroatoms. The van der Waals surface area contributed by atoms with Crippen LogP contribution in [0.3, 0.4) is 0 Å². The number of hydrogen-bond acceptors (Lipinski definition) is 4. The predicted molar refractivity (Wildman–Crippen MR) is 133 cm³/mol. The summed E-state index contributed by atoms with van der Waals surface area (Å²) >= 11 is 0. The number of aromatic nitrogens is 2. The molecule has 0 aliphatic heterocycles. The smallest absolute Gasteiger partial charge is 0.342 e. The van der Waals surface area contributed by atoms with E-state index < -0.39 is 0 Å². The van der Waals surface area contributed by atoms with Crippen molar-refractivity contribution >= 4 is 17.6 Å². The first kappa shape index (κ1) is 23.5. The zero-order chi connectivity index (χ0) is 24.5. The van der Waals surface area contributed by atoms with Gasteiger partial charge in [0.25, 0.3) is 5.91 Å². The van der Waals surface area contributed by atoms with Gasteiger partial charge < -0.3 is 15.7 Å². The summed E-state index contributed by atoms with van der Waals surface area (Å²) < 4.78 is 1.41. The van der Waals surface area contributed by atoms with E-state index in [1.165, 1.54) is 10.7 Å². The molecule has 1 heterocycles. The van der Waals surface area contributed by atoms with Crippen molar-refractivity contribution in [1.82, 2.24) is 15.1 Å². The first-order valence-corrected chi connectivity index (χ1v) is 11.8. The van der Waals surface area contributed by atoms with Crippen molar-refractivity contribution in [3.63, 3.8) is 0 Å². The number of phenols is 1. The van der Waals surface area contributed by atoms with Crippen molar-refractivity contribution in [3.05, 3.63) is 65.4 Å².